The number of imide groups is 1. The molecule has 2 aromatic carbocycles. The number of rotatable bonds is 5. The Kier molecular flexibility index (Phi) is 4.64. The van der Waals surface area contributed by atoms with Crippen molar-refractivity contribution in [2.75, 3.05) is 19.1 Å². The van der Waals surface area contributed by atoms with E-state index in [2.05, 4.69) is 10.3 Å². The van der Waals surface area contributed by atoms with Gasteiger partial charge in [-0.1, -0.05) is 29.0 Å². The van der Waals surface area contributed by atoms with Crippen molar-refractivity contribution in [2.24, 2.45) is 10.3 Å². The predicted molar refractivity (Wildman–Crippen MR) is 101 cm³/mol. The summed E-state index contributed by atoms with van der Waals surface area (Å²) in [7, 11) is 3.08. The number of methoxy groups -OCH3 is 2. The second kappa shape index (κ2) is 7.12. The lowest BCUT2D eigenvalue weighted by Crippen LogP contribution is -2.39. The zero-order chi connectivity index (χ0) is 19.8. The first-order valence-electron chi connectivity index (χ1n) is 8.55. The van der Waals surface area contributed by atoms with Crippen molar-refractivity contribution in [1.29, 1.82) is 0 Å². The van der Waals surface area contributed by atoms with Gasteiger partial charge < -0.3 is 9.47 Å². The molecule has 0 N–H and O–H groups in total. The Morgan fingerprint density at radius 3 is 2.61 bits per heavy atom. The summed E-state index contributed by atoms with van der Waals surface area (Å²) < 4.78 is 10.3. The molecule has 0 saturated carbocycles. The van der Waals surface area contributed by atoms with Gasteiger partial charge in [-0.05, 0) is 35.9 Å². The van der Waals surface area contributed by atoms with E-state index in [1.807, 2.05) is 24.3 Å². The van der Waals surface area contributed by atoms with E-state index >= 15 is 0 Å². The van der Waals surface area contributed by atoms with Crippen LogP contribution in [0, 0.1) is 0 Å². The Balaban J connectivity index is 1.59. The molecule has 0 radical (unpaired) electrons. The summed E-state index contributed by atoms with van der Waals surface area (Å²) in [6.45, 7) is 0.331. The van der Waals surface area contributed by atoms with Crippen LogP contribution in [0.15, 0.2) is 52.8 Å². The Morgan fingerprint density at radius 2 is 1.89 bits per heavy atom. The number of carbonyl (C=O) groups is 2. The van der Waals surface area contributed by atoms with Gasteiger partial charge in [-0.15, -0.1) is 0 Å². The first-order valence-corrected chi connectivity index (χ1v) is 8.93. The number of halogens is 1. The van der Waals surface area contributed by atoms with Gasteiger partial charge in [0.2, 0.25) is 0 Å². The smallest absolute Gasteiger partial charge is 0.263 e. The standard InChI is InChI=1S/C19H17ClN4O4/c1-27-13-5-3-4-11(8-13)10-23-17-16(21-22-23)18(25)24(19(17)26)12-6-7-15(28-2)14(20)9-12/h3-9,16-17H,10H2,1-2H3/t16-,17+/m1/s1. The van der Waals surface area contributed by atoms with E-state index in [9.17, 15) is 9.59 Å². The molecule has 2 amide bonds. The lowest BCUT2D eigenvalue weighted by atomic mass is 10.1. The van der Waals surface area contributed by atoms with Crippen LogP contribution < -0.4 is 14.4 Å². The Morgan fingerprint density at radius 1 is 1.07 bits per heavy atom. The summed E-state index contributed by atoms with van der Waals surface area (Å²) in [5.74, 6) is 0.356. The highest BCUT2D eigenvalue weighted by molar-refractivity contribution is 6.33. The Hall–Kier alpha value is -3.13. The first-order chi connectivity index (χ1) is 13.5. The van der Waals surface area contributed by atoms with Crippen molar-refractivity contribution in [3.8, 4) is 11.5 Å². The Bertz CT molecular complexity index is 980. The molecule has 0 aromatic heterocycles. The van der Waals surface area contributed by atoms with E-state index in [0.717, 1.165) is 10.5 Å². The van der Waals surface area contributed by atoms with Gasteiger partial charge in [0.05, 0.1) is 31.5 Å². The van der Waals surface area contributed by atoms with E-state index in [4.69, 9.17) is 21.1 Å². The molecule has 9 heteroatoms. The molecule has 8 nitrogen and oxygen atoms in total. The molecular formula is C19H17ClN4O4. The average molecular weight is 401 g/mol. The van der Waals surface area contributed by atoms with E-state index in [-0.39, 0.29) is 5.91 Å². The lowest BCUT2D eigenvalue weighted by molar-refractivity contribution is -0.123. The molecule has 2 atom stereocenters. The second-order valence-electron chi connectivity index (χ2n) is 6.37. The van der Waals surface area contributed by atoms with Gasteiger partial charge in [0, 0.05) is 0 Å². The SMILES string of the molecule is COc1cccc(CN2N=N[C@H]3C(=O)N(c4ccc(OC)c(Cl)c4)C(=O)[C@H]32)c1. The summed E-state index contributed by atoms with van der Waals surface area (Å²) in [6, 6.07) is 10.6. The molecule has 28 heavy (non-hydrogen) atoms. The number of fused-ring (bicyclic) bond motifs is 1. The van der Waals surface area contributed by atoms with E-state index < -0.39 is 18.0 Å². The number of nitrogens with zero attached hydrogens (tertiary/aromatic N) is 4. The molecule has 0 spiro atoms. The minimum absolute atomic E-state index is 0.313. The molecule has 4 rings (SSSR count). The summed E-state index contributed by atoms with van der Waals surface area (Å²) in [5.41, 5.74) is 1.27. The minimum Gasteiger partial charge on any atom is -0.497 e. The monoisotopic (exact) mass is 400 g/mol. The van der Waals surface area contributed by atoms with Gasteiger partial charge in [0.15, 0.2) is 12.1 Å². The second-order valence-corrected chi connectivity index (χ2v) is 6.78. The van der Waals surface area contributed by atoms with Crippen LogP contribution in [0.3, 0.4) is 0 Å². The summed E-state index contributed by atoms with van der Waals surface area (Å²) in [5, 5.41) is 9.92. The number of anilines is 1. The maximum absolute atomic E-state index is 13.0. The maximum atomic E-state index is 13.0. The molecule has 1 saturated heterocycles. The van der Waals surface area contributed by atoms with Gasteiger partial charge >= 0.3 is 0 Å². The van der Waals surface area contributed by atoms with Crippen LogP contribution in [0.1, 0.15) is 5.56 Å². The van der Waals surface area contributed by atoms with Crippen molar-refractivity contribution in [1.82, 2.24) is 5.01 Å². The van der Waals surface area contributed by atoms with Crippen molar-refractivity contribution < 1.29 is 19.1 Å². The van der Waals surface area contributed by atoms with Gasteiger partial charge in [-0.3, -0.25) is 14.6 Å². The van der Waals surface area contributed by atoms with Gasteiger partial charge in [-0.2, -0.15) is 5.11 Å². The minimum atomic E-state index is -0.862. The van der Waals surface area contributed by atoms with Crippen molar-refractivity contribution in [2.45, 2.75) is 18.6 Å². The average Bonchev–Trinajstić information content (AvgIpc) is 3.22. The highest BCUT2D eigenvalue weighted by Gasteiger charge is 2.54. The van der Waals surface area contributed by atoms with Crippen LogP contribution in [0.4, 0.5) is 5.69 Å². The Labute approximate surface area is 166 Å². The van der Waals surface area contributed by atoms with Crippen LogP contribution in [0.2, 0.25) is 5.02 Å². The van der Waals surface area contributed by atoms with E-state index in [0.29, 0.717) is 28.8 Å². The number of hydrogen-bond donors (Lipinski definition) is 0. The number of ether oxygens (including phenoxy) is 2. The van der Waals surface area contributed by atoms with Gasteiger partial charge in [0.1, 0.15) is 11.5 Å². The predicted octanol–water partition coefficient (Wildman–Crippen LogP) is 2.85. The molecule has 1 fully saturated rings. The number of amides is 2. The molecule has 144 valence electrons. The van der Waals surface area contributed by atoms with Gasteiger partial charge in [0.25, 0.3) is 11.8 Å². The highest BCUT2D eigenvalue weighted by Crippen LogP contribution is 2.36. The molecule has 2 aliphatic rings. The summed E-state index contributed by atoms with van der Waals surface area (Å²) >= 11 is 6.15. The van der Waals surface area contributed by atoms with E-state index in [1.54, 1.807) is 19.2 Å². The van der Waals surface area contributed by atoms with Crippen molar-refractivity contribution in [3.05, 3.63) is 53.1 Å². The molecule has 0 unspecified atom stereocenters. The van der Waals surface area contributed by atoms with Crippen LogP contribution in [-0.4, -0.2) is 43.1 Å². The third kappa shape index (κ3) is 2.95. The van der Waals surface area contributed by atoms with Crippen LogP contribution in [-0.2, 0) is 16.1 Å². The number of carbonyl (C=O) groups excluding carboxylic acids is 2. The van der Waals surface area contributed by atoms with Crippen LogP contribution >= 0.6 is 11.6 Å². The largest absolute Gasteiger partial charge is 0.497 e. The first kappa shape index (κ1) is 18.2. The van der Waals surface area contributed by atoms with Crippen LogP contribution in [0.5, 0.6) is 11.5 Å². The molecule has 2 aliphatic heterocycles. The molecule has 0 bridgehead atoms. The topological polar surface area (TPSA) is 83.8 Å². The third-order valence-electron chi connectivity index (χ3n) is 4.73. The lowest BCUT2D eigenvalue weighted by Gasteiger charge is -2.21. The maximum Gasteiger partial charge on any atom is 0.263 e. The molecule has 2 heterocycles. The number of hydrogen-bond acceptors (Lipinski definition) is 7. The van der Waals surface area contributed by atoms with Gasteiger partial charge in [-0.25, -0.2) is 4.90 Å². The zero-order valence-electron chi connectivity index (χ0n) is 15.2. The summed E-state index contributed by atoms with van der Waals surface area (Å²) in [4.78, 5) is 26.9. The fourth-order valence-electron chi connectivity index (χ4n) is 3.36. The number of benzene rings is 2. The fourth-order valence-corrected chi connectivity index (χ4v) is 3.61. The fraction of sp³-hybridized carbons (Fsp3) is 0.263. The molecule has 2 aromatic rings. The van der Waals surface area contributed by atoms with Crippen molar-refractivity contribution in [3.63, 3.8) is 0 Å². The quantitative estimate of drug-likeness (QED) is 0.720. The van der Waals surface area contributed by atoms with Crippen LogP contribution in [0.25, 0.3) is 0 Å². The molecular weight excluding hydrogens is 384 g/mol. The normalized spacial score (nSPS) is 20.7. The highest BCUT2D eigenvalue weighted by atomic mass is 35.5. The molecule has 0 aliphatic carbocycles. The summed E-state index contributed by atoms with van der Waals surface area (Å²) in [6.07, 6.45) is 0. The third-order valence-corrected chi connectivity index (χ3v) is 5.03. The van der Waals surface area contributed by atoms with Crippen molar-refractivity contribution >= 4 is 29.1 Å². The van der Waals surface area contributed by atoms with E-state index in [1.165, 1.54) is 18.2 Å². The zero-order valence-corrected chi connectivity index (χ0v) is 16.0.